The molecule has 0 aliphatic carbocycles. The minimum Gasteiger partial charge on any atom is -0.444 e. The van der Waals surface area contributed by atoms with Gasteiger partial charge in [-0.3, -0.25) is 9.48 Å². The summed E-state index contributed by atoms with van der Waals surface area (Å²) < 4.78 is 12.7. The Bertz CT molecular complexity index is 1660. The van der Waals surface area contributed by atoms with Crippen LogP contribution in [0.2, 0.25) is 0 Å². The quantitative estimate of drug-likeness (QED) is 0.340. The molecule has 2 atom stereocenters. The van der Waals surface area contributed by atoms with E-state index < -0.39 is 17.1 Å². The molecule has 2 aliphatic rings. The summed E-state index contributed by atoms with van der Waals surface area (Å²) in [6.45, 7) is 7.11. The van der Waals surface area contributed by atoms with Gasteiger partial charge < -0.3 is 29.5 Å². The third kappa shape index (κ3) is 5.78. The van der Waals surface area contributed by atoms with E-state index in [1.807, 2.05) is 43.8 Å². The number of pyridine rings is 1. The molecule has 224 valence electrons. The zero-order chi connectivity index (χ0) is 30.4. The molecule has 6 rings (SSSR count). The number of hydrogen-bond acceptors (Lipinski definition) is 11. The number of aromatic nitrogens is 6. The number of anilines is 2. The van der Waals surface area contributed by atoms with Crippen molar-refractivity contribution < 1.29 is 24.0 Å². The Morgan fingerprint density at radius 1 is 1.14 bits per heavy atom. The summed E-state index contributed by atoms with van der Waals surface area (Å²) in [5.74, 6) is 0.0311. The van der Waals surface area contributed by atoms with Crippen LogP contribution in [-0.2, 0) is 15.1 Å². The summed E-state index contributed by atoms with van der Waals surface area (Å²) in [5.41, 5.74) is 0.479. The van der Waals surface area contributed by atoms with Gasteiger partial charge in [-0.05, 0) is 45.4 Å². The van der Waals surface area contributed by atoms with Gasteiger partial charge in [0.05, 0.1) is 35.0 Å². The highest BCUT2D eigenvalue weighted by Gasteiger charge is 2.48. The summed E-state index contributed by atoms with van der Waals surface area (Å²) in [6, 6.07) is 8.72. The molecule has 2 fully saturated rings. The molecular weight excluding hydrogens is 554 g/mol. The van der Waals surface area contributed by atoms with Gasteiger partial charge in [0.2, 0.25) is 11.5 Å². The number of nitrogens with one attached hydrogen (secondary N) is 1. The number of aliphatic hydroxyl groups is 1. The van der Waals surface area contributed by atoms with Crippen molar-refractivity contribution in [3.63, 3.8) is 0 Å². The maximum Gasteiger partial charge on any atom is 0.410 e. The number of carbonyl (C=O) groups excluding carboxylic acids is 2. The zero-order valence-corrected chi connectivity index (χ0v) is 24.4. The van der Waals surface area contributed by atoms with Crippen molar-refractivity contribution in [3.8, 4) is 22.8 Å². The van der Waals surface area contributed by atoms with E-state index in [4.69, 9.17) is 9.26 Å². The predicted octanol–water partition coefficient (Wildman–Crippen LogP) is 3.37. The molecule has 4 aromatic rings. The minimum absolute atomic E-state index is 0.0349. The zero-order valence-electron chi connectivity index (χ0n) is 24.4. The molecule has 0 radical (unpaired) electrons. The largest absolute Gasteiger partial charge is 0.444 e. The topological polar surface area (TPSA) is 165 Å². The minimum atomic E-state index is -1.73. The van der Waals surface area contributed by atoms with Crippen molar-refractivity contribution in [2.75, 3.05) is 32.0 Å². The van der Waals surface area contributed by atoms with E-state index in [1.54, 1.807) is 42.5 Å². The smallest absolute Gasteiger partial charge is 0.410 e. The maximum atomic E-state index is 12.5. The van der Waals surface area contributed by atoms with E-state index in [0.29, 0.717) is 54.0 Å². The maximum absolute atomic E-state index is 12.5. The summed E-state index contributed by atoms with van der Waals surface area (Å²) >= 11 is 0. The Kier molecular flexibility index (Phi) is 7.08. The number of hydrogen-bond donors (Lipinski definition) is 2. The fourth-order valence-corrected chi connectivity index (χ4v) is 5.14. The fourth-order valence-electron chi connectivity index (χ4n) is 5.14. The molecule has 6 heterocycles. The van der Waals surface area contributed by atoms with Crippen LogP contribution < -0.4 is 5.32 Å². The third-order valence-corrected chi connectivity index (χ3v) is 7.40. The molecule has 2 N–H and O–H groups in total. The van der Waals surface area contributed by atoms with Crippen molar-refractivity contribution in [1.82, 2.24) is 39.7 Å². The van der Waals surface area contributed by atoms with Gasteiger partial charge in [0.15, 0.2) is 5.76 Å². The van der Waals surface area contributed by atoms with E-state index in [9.17, 15) is 14.7 Å². The second kappa shape index (κ2) is 10.8. The van der Waals surface area contributed by atoms with E-state index in [0.717, 1.165) is 6.42 Å². The van der Waals surface area contributed by atoms with Crippen LogP contribution in [0.4, 0.5) is 16.4 Å². The first-order valence-electron chi connectivity index (χ1n) is 14.0. The second-order valence-corrected chi connectivity index (χ2v) is 11.8. The molecule has 2 aliphatic heterocycles. The Balaban J connectivity index is 1.14. The monoisotopic (exact) mass is 587 g/mol. The lowest BCUT2D eigenvalue weighted by molar-refractivity contribution is -0.144. The number of rotatable bonds is 6. The summed E-state index contributed by atoms with van der Waals surface area (Å²) in [4.78, 5) is 41.7. The average Bonchev–Trinajstić information content (AvgIpc) is 3.78. The molecule has 2 saturated heterocycles. The van der Waals surface area contributed by atoms with Gasteiger partial charge in [-0.25, -0.2) is 19.7 Å². The molecular formula is C29H33N9O5. The number of likely N-dealkylation sites (tertiary alicyclic amines) is 2. The molecule has 2 amide bonds. The first-order chi connectivity index (χ1) is 20.5. The number of ether oxygens (including phenoxy) is 1. The highest BCUT2D eigenvalue weighted by Crippen LogP contribution is 2.34. The molecule has 0 bridgehead atoms. The molecule has 0 aromatic carbocycles. The fraction of sp³-hybridized carbons (Fsp3) is 0.414. The van der Waals surface area contributed by atoms with Gasteiger partial charge in [0.1, 0.15) is 11.3 Å². The summed E-state index contributed by atoms with van der Waals surface area (Å²) in [7, 11) is 1.64. The van der Waals surface area contributed by atoms with Crippen LogP contribution >= 0.6 is 0 Å². The molecule has 14 heteroatoms. The van der Waals surface area contributed by atoms with Crippen LogP contribution in [0.1, 0.15) is 45.4 Å². The van der Waals surface area contributed by atoms with Crippen molar-refractivity contribution in [1.29, 1.82) is 0 Å². The predicted molar refractivity (Wildman–Crippen MR) is 154 cm³/mol. The molecule has 0 spiro atoms. The van der Waals surface area contributed by atoms with Crippen molar-refractivity contribution in [3.05, 3.63) is 54.7 Å². The lowest BCUT2D eigenvalue weighted by Crippen LogP contribution is -2.35. The number of amides is 2. The first kappa shape index (κ1) is 28.3. The Labute approximate surface area is 247 Å². The Morgan fingerprint density at radius 2 is 1.91 bits per heavy atom. The second-order valence-electron chi connectivity index (χ2n) is 11.8. The molecule has 14 nitrogen and oxygen atoms in total. The number of likely N-dealkylation sites (N-methyl/N-ethyl adjacent to an activating group) is 1. The van der Waals surface area contributed by atoms with Crippen LogP contribution in [-0.4, -0.2) is 89.1 Å². The number of carbonyl (C=O) groups is 2. The van der Waals surface area contributed by atoms with Crippen LogP contribution in [0, 0.1) is 0 Å². The van der Waals surface area contributed by atoms with E-state index in [-0.39, 0.29) is 24.3 Å². The van der Waals surface area contributed by atoms with Gasteiger partial charge >= 0.3 is 6.09 Å². The molecule has 0 saturated carbocycles. The summed E-state index contributed by atoms with van der Waals surface area (Å²) in [5, 5.41) is 22.6. The van der Waals surface area contributed by atoms with E-state index in [1.165, 1.54) is 4.90 Å². The van der Waals surface area contributed by atoms with Crippen LogP contribution in [0.5, 0.6) is 0 Å². The number of nitrogens with zero attached hydrogens (tertiary/aromatic N) is 8. The van der Waals surface area contributed by atoms with E-state index in [2.05, 4.69) is 30.5 Å². The van der Waals surface area contributed by atoms with Crippen LogP contribution in [0.3, 0.4) is 0 Å². The molecule has 43 heavy (non-hydrogen) atoms. The van der Waals surface area contributed by atoms with Crippen LogP contribution in [0.25, 0.3) is 22.8 Å². The highest BCUT2D eigenvalue weighted by atomic mass is 16.6. The lowest BCUT2D eigenvalue weighted by Gasteiger charge is -2.24. The van der Waals surface area contributed by atoms with Gasteiger partial charge in [0, 0.05) is 51.6 Å². The Hall–Kier alpha value is -4.85. The van der Waals surface area contributed by atoms with Crippen molar-refractivity contribution in [2.24, 2.45) is 0 Å². The first-order valence-corrected chi connectivity index (χ1v) is 14.0. The normalized spacial score (nSPS) is 20.6. The van der Waals surface area contributed by atoms with Gasteiger partial charge in [-0.2, -0.15) is 5.10 Å². The average molecular weight is 588 g/mol. The van der Waals surface area contributed by atoms with E-state index >= 15 is 0 Å². The highest BCUT2D eigenvalue weighted by molar-refractivity contribution is 5.87. The van der Waals surface area contributed by atoms with Gasteiger partial charge in [-0.1, -0.05) is 11.2 Å². The Morgan fingerprint density at radius 3 is 2.65 bits per heavy atom. The standard InChI is InChI=1S/C29H33N9O5/c1-28(2,3)42-27(40)37-12-9-19(17-37)38-16-18(15-31-38)32-26-30-11-8-22(34-26)20-6-5-7-21(33-20)23-14-24(43-35-23)29(41)10-13-36(4)25(29)39/h5-8,11,14-16,19,41H,9-10,12-13,17H2,1-4H3,(H,30,32,34). The molecule has 4 aromatic heterocycles. The van der Waals surface area contributed by atoms with Gasteiger partial charge in [-0.15, -0.1) is 0 Å². The van der Waals surface area contributed by atoms with Gasteiger partial charge in [0.25, 0.3) is 5.91 Å². The van der Waals surface area contributed by atoms with Crippen molar-refractivity contribution in [2.45, 2.75) is 50.9 Å². The third-order valence-electron chi connectivity index (χ3n) is 7.40. The SMILES string of the molecule is CN1CCC(O)(c2cc(-c3cccc(-c4ccnc(Nc5cnn(C6CCN(C(=O)OC(C)(C)C)C6)c5)n4)n3)no2)C1=O. The lowest BCUT2D eigenvalue weighted by atomic mass is 9.98. The van der Waals surface area contributed by atoms with Crippen LogP contribution in [0.15, 0.2) is 53.4 Å². The summed E-state index contributed by atoms with van der Waals surface area (Å²) in [6.07, 6.45) is 5.86. The molecule has 2 unspecified atom stereocenters. The van der Waals surface area contributed by atoms with Crippen molar-refractivity contribution >= 4 is 23.6 Å².